The highest BCUT2D eigenvalue weighted by Gasteiger charge is 2.44. The zero-order valence-corrected chi connectivity index (χ0v) is 14.2. The Morgan fingerprint density at radius 3 is 2.29 bits per heavy atom. The summed E-state index contributed by atoms with van der Waals surface area (Å²) in [6.07, 6.45) is 2.48. The molecule has 0 unspecified atom stereocenters. The number of piperidine rings is 1. The molecule has 6 heteroatoms. The fourth-order valence-corrected chi connectivity index (χ4v) is 3.62. The fraction of sp³-hybridized carbons (Fsp3) is 0.333. The number of carboxylic acids is 1. The van der Waals surface area contributed by atoms with Crippen LogP contribution in [0.3, 0.4) is 0 Å². The van der Waals surface area contributed by atoms with Crippen molar-refractivity contribution in [3.63, 3.8) is 0 Å². The van der Waals surface area contributed by atoms with Crippen LogP contribution in [-0.2, 0) is 17.3 Å². The minimum absolute atomic E-state index is 0.114. The smallest absolute Gasteiger partial charge is 0.314 e. The van der Waals surface area contributed by atoms with E-state index in [0.29, 0.717) is 36.6 Å². The van der Waals surface area contributed by atoms with Crippen LogP contribution in [0.2, 0.25) is 5.02 Å². The van der Waals surface area contributed by atoms with Crippen LogP contribution in [0, 0.1) is 0 Å². The minimum atomic E-state index is -0.927. The second kappa shape index (κ2) is 6.32. The molecule has 3 rings (SSSR count). The van der Waals surface area contributed by atoms with Gasteiger partial charge in [-0.2, -0.15) is 0 Å². The lowest BCUT2D eigenvalue weighted by atomic mass is 9.73. The van der Waals surface area contributed by atoms with Gasteiger partial charge >= 0.3 is 5.97 Å². The first-order valence-electron chi connectivity index (χ1n) is 7.84. The fourth-order valence-electron chi connectivity index (χ4n) is 3.37. The Morgan fingerprint density at radius 1 is 1.17 bits per heavy atom. The van der Waals surface area contributed by atoms with Gasteiger partial charge in [0, 0.05) is 26.3 Å². The monoisotopic (exact) mass is 346 g/mol. The molecule has 0 atom stereocenters. The molecule has 1 amide bonds. The van der Waals surface area contributed by atoms with Crippen LogP contribution in [-0.4, -0.2) is 39.5 Å². The van der Waals surface area contributed by atoms with E-state index in [1.165, 1.54) is 0 Å². The Hall–Kier alpha value is -2.27. The number of aromatic nitrogens is 1. The average Bonchev–Trinajstić information content (AvgIpc) is 2.93. The number of nitrogens with zero attached hydrogens (tertiary/aromatic N) is 2. The predicted molar refractivity (Wildman–Crippen MR) is 91.3 cm³/mol. The van der Waals surface area contributed by atoms with Crippen molar-refractivity contribution < 1.29 is 14.7 Å². The average molecular weight is 347 g/mol. The Morgan fingerprint density at radius 2 is 1.79 bits per heavy atom. The minimum Gasteiger partial charge on any atom is -0.481 e. The first kappa shape index (κ1) is 16.6. The summed E-state index contributed by atoms with van der Waals surface area (Å²) in [6, 6.07) is 10.9. The van der Waals surface area contributed by atoms with Crippen molar-refractivity contribution in [3.05, 3.63) is 58.9 Å². The van der Waals surface area contributed by atoms with Gasteiger partial charge < -0.3 is 14.6 Å². The number of carbonyl (C=O) groups is 2. The molecule has 1 aromatic carbocycles. The molecule has 0 bridgehead atoms. The maximum Gasteiger partial charge on any atom is 0.314 e. The van der Waals surface area contributed by atoms with Gasteiger partial charge in [-0.3, -0.25) is 9.59 Å². The zero-order chi connectivity index (χ0) is 17.3. The Bertz CT molecular complexity index is 762. The van der Waals surface area contributed by atoms with E-state index in [2.05, 4.69) is 0 Å². The highest BCUT2D eigenvalue weighted by Crippen LogP contribution is 2.36. The van der Waals surface area contributed by atoms with Gasteiger partial charge in [0.15, 0.2) is 0 Å². The first-order valence-corrected chi connectivity index (χ1v) is 8.22. The van der Waals surface area contributed by atoms with Crippen molar-refractivity contribution in [1.82, 2.24) is 9.47 Å². The van der Waals surface area contributed by atoms with Gasteiger partial charge in [-0.15, -0.1) is 0 Å². The molecule has 1 aliphatic heterocycles. The first-order chi connectivity index (χ1) is 11.4. The van der Waals surface area contributed by atoms with Gasteiger partial charge in [-0.05, 0) is 24.5 Å². The van der Waals surface area contributed by atoms with E-state index in [0.717, 1.165) is 5.56 Å². The van der Waals surface area contributed by atoms with Crippen LogP contribution in [0.5, 0.6) is 0 Å². The second-order valence-electron chi connectivity index (χ2n) is 6.20. The van der Waals surface area contributed by atoms with Crippen molar-refractivity contribution in [2.75, 3.05) is 13.1 Å². The number of rotatable bonds is 3. The second-order valence-corrected chi connectivity index (χ2v) is 6.64. The molecular formula is C18H19ClN2O3. The summed E-state index contributed by atoms with van der Waals surface area (Å²) in [5.74, 6) is -0.945. The van der Waals surface area contributed by atoms with E-state index in [1.807, 2.05) is 30.3 Å². The predicted octanol–water partition coefficient (Wildman–Crippen LogP) is 2.94. The molecule has 2 aromatic rings. The molecule has 1 N–H and O–H groups in total. The molecule has 1 aliphatic rings. The van der Waals surface area contributed by atoms with Crippen molar-refractivity contribution in [1.29, 1.82) is 0 Å². The van der Waals surface area contributed by atoms with E-state index in [4.69, 9.17) is 11.6 Å². The Kier molecular flexibility index (Phi) is 4.37. The Labute approximate surface area is 145 Å². The number of amides is 1. The van der Waals surface area contributed by atoms with Crippen LogP contribution in [0.25, 0.3) is 0 Å². The van der Waals surface area contributed by atoms with Crippen molar-refractivity contribution in [2.45, 2.75) is 18.3 Å². The van der Waals surface area contributed by atoms with Crippen LogP contribution in [0.15, 0.2) is 42.6 Å². The van der Waals surface area contributed by atoms with E-state index >= 15 is 0 Å². The van der Waals surface area contributed by atoms with E-state index in [-0.39, 0.29) is 5.91 Å². The topological polar surface area (TPSA) is 62.5 Å². The molecule has 1 saturated heterocycles. The van der Waals surface area contributed by atoms with Gasteiger partial charge in [-0.1, -0.05) is 41.9 Å². The molecule has 0 saturated carbocycles. The number of aliphatic carboxylic acids is 1. The van der Waals surface area contributed by atoms with Crippen molar-refractivity contribution in [3.8, 4) is 0 Å². The quantitative estimate of drug-likeness (QED) is 0.929. The maximum absolute atomic E-state index is 12.7. The summed E-state index contributed by atoms with van der Waals surface area (Å²) >= 11 is 5.95. The van der Waals surface area contributed by atoms with Gasteiger partial charge in [0.1, 0.15) is 5.69 Å². The van der Waals surface area contributed by atoms with Crippen molar-refractivity contribution >= 4 is 23.5 Å². The van der Waals surface area contributed by atoms with E-state index in [1.54, 1.807) is 28.8 Å². The molecule has 126 valence electrons. The van der Waals surface area contributed by atoms with E-state index < -0.39 is 11.4 Å². The third-order valence-electron chi connectivity index (χ3n) is 4.83. The lowest BCUT2D eigenvalue weighted by Crippen LogP contribution is -2.49. The summed E-state index contributed by atoms with van der Waals surface area (Å²) in [6.45, 7) is 0.811. The molecule has 0 radical (unpaired) electrons. The number of benzene rings is 1. The van der Waals surface area contributed by atoms with Gasteiger partial charge in [0.25, 0.3) is 5.91 Å². The van der Waals surface area contributed by atoms with Gasteiger partial charge in [0.05, 0.1) is 10.4 Å². The van der Waals surface area contributed by atoms with Crippen LogP contribution in [0.1, 0.15) is 28.9 Å². The lowest BCUT2D eigenvalue weighted by molar-refractivity contribution is -0.145. The number of carbonyl (C=O) groups excluding carboxylic acids is 1. The molecule has 0 spiro atoms. The SMILES string of the molecule is Cn1cc(Cl)cc1C(=O)N1CCC(C(=O)O)(c2ccccc2)CC1. The summed E-state index contributed by atoms with van der Waals surface area (Å²) < 4.78 is 1.70. The molecule has 24 heavy (non-hydrogen) atoms. The standard InChI is InChI=1S/C18H19ClN2O3/c1-20-12-14(19)11-15(20)16(22)21-9-7-18(8-10-21,17(23)24)13-5-3-2-4-6-13/h2-6,11-12H,7-10H2,1H3,(H,23,24). The largest absolute Gasteiger partial charge is 0.481 e. The molecule has 1 fully saturated rings. The molecular weight excluding hydrogens is 328 g/mol. The summed E-state index contributed by atoms with van der Waals surface area (Å²) in [5, 5.41) is 10.3. The number of aryl methyl sites for hydroxylation is 1. The number of carboxylic acid groups (broad SMARTS) is 1. The normalized spacial score (nSPS) is 16.8. The summed E-state index contributed by atoms with van der Waals surface area (Å²) in [4.78, 5) is 26.3. The molecule has 5 nitrogen and oxygen atoms in total. The Balaban J connectivity index is 1.80. The summed E-state index contributed by atoms with van der Waals surface area (Å²) in [5.41, 5.74) is 0.387. The highest BCUT2D eigenvalue weighted by molar-refractivity contribution is 6.31. The molecule has 1 aromatic heterocycles. The van der Waals surface area contributed by atoms with Crippen LogP contribution in [0.4, 0.5) is 0 Å². The number of likely N-dealkylation sites (tertiary alicyclic amines) is 1. The molecule has 0 aliphatic carbocycles. The van der Waals surface area contributed by atoms with E-state index in [9.17, 15) is 14.7 Å². The number of hydrogen-bond donors (Lipinski definition) is 1. The zero-order valence-electron chi connectivity index (χ0n) is 13.4. The highest BCUT2D eigenvalue weighted by atomic mass is 35.5. The summed E-state index contributed by atoms with van der Waals surface area (Å²) in [7, 11) is 1.77. The third kappa shape index (κ3) is 2.80. The van der Waals surface area contributed by atoms with Gasteiger partial charge in [-0.25, -0.2) is 0 Å². The number of halogens is 1. The number of hydrogen-bond acceptors (Lipinski definition) is 2. The maximum atomic E-state index is 12.7. The van der Waals surface area contributed by atoms with Crippen molar-refractivity contribution in [2.24, 2.45) is 7.05 Å². The van der Waals surface area contributed by atoms with Crippen LogP contribution >= 0.6 is 11.6 Å². The van der Waals surface area contributed by atoms with Crippen LogP contribution < -0.4 is 0 Å². The van der Waals surface area contributed by atoms with Gasteiger partial charge in [0.2, 0.25) is 0 Å². The third-order valence-corrected chi connectivity index (χ3v) is 5.04. The molecule has 2 heterocycles. The lowest BCUT2D eigenvalue weighted by Gasteiger charge is -2.39.